The van der Waals surface area contributed by atoms with Crippen molar-refractivity contribution >= 4 is 6.20 Å². The zero-order valence-electron chi connectivity index (χ0n) is 4.74. The van der Waals surface area contributed by atoms with Gasteiger partial charge in [-0.1, -0.05) is 0 Å². The fourth-order valence-corrected chi connectivity index (χ4v) is 0.767. The predicted octanol–water partition coefficient (Wildman–Crippen LogP) is 0.642. The molecule has 9 heavy (non-hydrogen) atoms. The number of rotatable bonds is 0. The first-order valence-electron chi connectivity index (χ1n) is 2.69. The van der Waals surface area contributed by atoms with Crippen molar-refractivity contribution in [2.24, 2.45) is 0 Å². The molecule has 45 valence electrons. The van der Waals surface area contributed by atoms with Crippen molar-refractivity contribution in [3.8, 4) is 0 Å². The van der Waals surface area contributed by atoms with Crippen LogP contribution in [-0.4, -0.2) is 9.78 Å². The molecule has 0 aliphatic carbocycles. The molecule has 1 aliphatic rings. The normalized spacial score (nSPS) is 14.7. The number of nitrogens with zero attached hydrogens (tertiary/aromatic N) is 2. The third-order valence-electron chi connectivity index (χ3n) is 1.22. The molecule has 1 aromatic heterocycles. The van der Waals surface area contributed by atoms with Crippen molar-refractivity contribution in [2.75, 3.05) is 0 Å². The van der Waals surface area contributed by atoms with Gasteiger partial charge in [0.2, 0.25) is 0 Å². The smallest absolute Gasteiger partial charge is 0.130 e. The molecule has 0 atom stereocenters. The summed E-state index contributed by atoms with van der Waals surface area (Å²) in [6, 6.07) is 1.81. The minimum absolute atomic E-state index is 0.604. The van der Waals surface area contributed by atoms with Crippen molar-refractivity contribution in [2.45, 2.75) is 6.61 Å². The quantitative estimate of drug-likeness (QED) is 0.503. The van der Waals surface area contributed by atoms with E-state index >= 15 is 0 Å². The van der Waals surface area contributed by atoms with E-state index in [9.17, 15) is 0 Å². The lowest BCUT2D eigenvalue weighted by Gasteiger charge is -2.06. The number of fused-ring (bicyclic) bond motifs is 1. The Morgan fingerprint density at radius 1 is 1.78 bits per heavy atom. The summed E-state index contributed by atoms with van der Waals surface area (Å²) in [6.07, 6.45) is 6.10. The van der Waals surface area contributed by atoms with Crippen LogP contribution in [0.1, 0.15) is 5.69 Å². The number of aromatic nitrogens is 2. The van der Waals surface area contributed by atoms with E-state index in [2.05, 4.69) is 11.3 Å². The van der Waals surface area contributed by atoms with Crippen molar-refractivity contribution in [1.82, 2.24) is 9.78 Å². The molecule has 0 saturated carbocycles. The van der Waals surface area contributed by atoms with E-state index in [1.165, 1.54) is 0 Å². The van der Waals surface area contributed by atoms with Crippen LogP contribution in [0.5, 0.6) is 0 Å². The summed E-state index contributed by atoms with van der Waals surface area (Å²) in [5, 5.41) is 3.88. The Morgan fingerprint density at radius 2 is 2.78 bits per heavy atom. The van der Waals surface area contributed by atoms with Gasteiger partial charge in [0.1, 0.15) is 19.1 Å². The van der Waals surface area contributed by atoms with Gasteiger partial charge < -0.3 is 4.74 Å². The zero-order chi connectivity index (χ0) is 6.10. The molecule has 0 bridgehead atoms. The third-order valence-corrected chi connectivity index (χ3v) is 1.22. The van der Waals surface area contributed by atoms with E-state index in [-0.39, 0.29) is 0 Å². The Labute approximate surface area is 52.6 Å². The molecule has 2 heterocycles. The van der Waals surface area contributed by atoms with Gasteiger partial charge in [-0.25, -0.2) is 4.68 Å². The van der Waals surface area contributed by atoms with Crippen LogP contribution < -0.4 is 0 Å². The van der Waals surface area contributed by atoms with Gasteiger partial charge in [0.05, 0.1) is 11.9 Å². The maximum absolute atomic E-state index is 4.99. The molecule has 0 unspecified atom stereocenters. The van der Waals surface area contributed by atoms with Crippen LogP contribution in [-0.2, 0) is 11.3 Å². The Balaban J connectivity index is 2.53. The molecular formula is C6H5N2O. The van der Waals surface area contributed by atoms with Crippen molar-refractivity contribution in [3.05, 3.63) is 24.2 Å². The maximum Gasteiger partial charge on any atom is 0.130 e. The molecule has 1 aliphatic heterocycles. The van der Waals surface area contributed by atoms with Crippen LogP contribution in [0.25, 0.3) is 6.20 Å². The zero-order valence-corrected chi connectivity index (χ0v) is 4.74. The van der Waals surface area contributed by atoms with Crippen LogP contribution in [0.15, 0.2) is 12.3 Å². The van der Waals surface area contributed by atoms with Crippen molar-refractivity contribution in [1.29, 1.82) is 0 Å². The second kappa shape index (κ2) is 1.62. The molecule has 0 N–H and O–H groups in total. The van der Waals surface area contributed by atoms with E-state index < -0.39 is 0 Å². The van der Waals surface area contributed by atoms with Crippen LogP contribution in [0.4, 0.5) is 0 Å². The van der Waals surface area contributed by atoms with Crippen molar-refractivity contribution < 1.29 is 4.74 Å². The van der Waals surface area contributed by atoms with Gasteiger partial charge in [-0.2, -0.15) is 5.10 Å². The van der Waals surface area contributed by atoms with Gasteiger partial charge in [0.25, 0.3) is 0 Å². The minimum atomic E-state index is 0.604. The average Bonchev–Trinajstić information content (AvgIpc) is 2.33. The summed E-state index contributed by atoms with van der Waals surface area (Å²) < 4.78 is 6.73. The average molecular weight is 121 g/mol. The van der Waals surface area contributed by atoms with Crippen LogP contribution in [0.2, 0.25) is 0 Å². The van der Waals surface area contributed by atoms with Crippen LogP contribution >= 0.6 is 0 Å². The second-order valence-corrected chi connectivity index (χ2v) is 1.81. The van der Waals surface area contributed by atoms with E-state index in [0.717, 1.165) is 5.69 Å². The standard InChI is InChI=1S/C6H5N2O/c1-2-7-8-3-4-9-5-6(1)8/h1,3-4H,5H2. The first kappa shape index (κ1) is 4.61. The Kier molecular flexibility index (Phi) is 0.828. The van der Waals surface area contributed by atoms with Crippen LogP contribution in [0, 0.1) is 6.20 Å². The highest BCUT2D eigenvalue weighted by Gasteiger charge is 2.02. The lowest BCUT2D eigenvalue weighted by molar-refractivity contribution is 0.222. The summed E-state index contributed by atoms with van der Waals surface area (Å²) in [4.78, 5) is 0. The van der Waals surface area contributed by atoms with Crippen molar-refractivity contribution in [3.63, 3.8) is 0 Å². The summed E-state index contributed by atoms with van der Waals surface area (Å²) in [7, 11) is 0. The molecule has 0 fully saturated rings. The minimum Gasteiger partial charge on any atom is -0.493 e. The first-order chi connectivity index (χ1) is 4.47. The lowest BCUT2D eigenvalue weighted by Crippen LogP contribution is -2.02. The molecule has 0 aromatic carbocycles. The van der Waals surface area contributed by atoms with E-state index in [1.807, 2.05) is 6.07 Å². The van der Waals surface area contributed by atoms with Gasteiger partial charge in [-0.3, -0.25) is 0 Å². The number of hydrogen-bond donors (Lipinski definition) is 0. The SMILES string of the molecule is [c]1cc2n(n1)C=COC2. The van der Waals surface area contributed by atoms with E-state index in [4.69, 9.17) is 4.74 Å². The Morgan fingerprint density at radius 3 is 3.67 bits per heavy atom. The highest BCUT2D eigenvalue weighted by atomic mass is 16.5. The molecule has 2 rings (SSSR count). The molecule has 1 radical (unpaired) electrons. The third kappa shape index (κ3) is 0.614. The first-order valence-corrected chi connectivity index (χ1v) is 2.69. The fourth-order valence-electron chi connectivity index (χ4n) is 0.767. The summed E-state index contributed by atoms with van der Waals surface area (Å²) in [5.74, 6) is 0. The molecular weight excluding hydrogens is 116 g/mol. The van der Waals surface area contributed by atoms with Gasteiger partial charge in [-0.05, 0) is 6.07 Å². The molecule has 0 saturated heterocycles. The largest absolute Gasteiger partial charge is 0.493 e. The topological polar surface area (TPSA) is 27.1 Å². The van der Waals surface area contributed by atoms with Gasteiger partial charge in [-0.15, -0.1) is 0 Å². The molecule has 3 heteroatoms. The Hall–Kier alpha value is -1.25. The number of ether oxygens (including phenoxy) is 1. The summed E-state index contributed by atoms with van der Waals surface area (Å²) in [5.41, 5.74) is 1.04. The highest BCUT2D eigenvalue weighted by Crippen LogP contribution is 2.05. The van der Waals surface area contributed by atoms with E-state index in [1.54, 1.807) is 17.1 Å². The molecule has 1 aromatic rings. The van der Waals surface area contributed by atoms with Gasteiger partial charge >= 0.3 is 0 Å². The molecule has 3 nitrogen and oxygen atoms in total. The fraction of sp³-hybridized carbons (Fsp3) is 0.167. The lowest BCUT2D eigenvalue weighted by atomic mass is 10.4. The van der Waals surface area contributed by atoms with E-state index in [0.29, 0.717) is 6.61 Å². The van der Waals surface area contributed by atoms with Gasteiger partial charge in [0, 0.05) is 0 Å². The molecule has 0 amide bonds. The predicted molar refractivity (Wildman–Crippen MR) is 31.2 cm³/mol. The van der Waals surface area contributed by atoms with Crippen LogP contribution in [0.3, 0.4) is 0 Å². The highest BCUT2D eigenvalue weighted by molar-refractivity contribution is 5.23. The molecule has 0 spiro atoms. The Bertz CT molecular complexity index is 239. The maximum atomic E-state index is 4.99. The summed E-state index contributed by atoms with van der Waals surface area (Å²) in [6.45, 7) is 0.604. The number of hydrogen-bond acceptors (Lipinski definition) is 2. The van der Waals surface area contributed by atoms with Gasteiger partial charge in [0.15, 0.2) is 0 Å². The summed E-state index contributed by atoms with van der Waals surface area (Å²) >= 11 is 0. The second-order valence-electron chi connectivity index (χ2n) is 1.81. The monoisotopic (exact) mass is 121 g/mol.